The molecule has 1 saturated carbocycles. The van der Waals surface area contributed by atoms with E-state index in [4.69, 9.17) is 28.9 Å². The van der Waals surface area contributed by atoms with E-state index in [1.165, 1.54) is 12.1 Å². The molecule has 0 radical (unpaired) electrons. The SMILES string of the molecule is C=CCOC12Oc3ccc(O)cc3C3C(CCCCO)C(CCCCO)C=C(C(=NOC4CCCCO4)CC1N(Cc1ccc(F)cc1)C(=O)OCC)C32. The normalized spacial score (nSPS) is 27.9. The molecular weight excluding hydrogens is 695 g/mol. The Bertz CT molecular complexity index is 1630. The van der Waals surface area contributed by atoms with Crippen LogP contribution in [0.1, 0.15) is 88.2 Å². The van der Waals surface area contributed by atoms with Crippen LogP contribution in [-0.4, -0.2) is 83.2 Å². The fourth-order valence-electron chi connectivity index (χ4n) is 8.87. The maximum atomic E-state index is 14.2. The molecule has 2 aliphatic carbocycles. The standard InChI is InChI=1S/C42H55FN2O9/c1-3-22-52-42-37(45(41(49)50-4-2)27-28-14-16-30(43)17-15-28)26-35(44-54-38-13-7-10-23-51-38)33-24-29(11-5-8-20-46)32(12-6-9-21-47)39(40(33)42)34-25-31(48)18-19-36(34)53-42/h3,14-19,24-25,29,32,37-40,46-48H,1,4-13,20-23,26-27H2,2H3. The first-order valence-corrected chi connectivity index (χ1v) is 19.6. The number of unbranched alkanes of at least 4 members (excludes halogenated alkanes) is 2. The molecule has 4 aliphatic rings. The number of allylic oxidation sites excluding steroid dienone is 1. The quantitative estimate of drug-likeness (QED) is 0.0861. The minimum Gasteiger partial charge on any atom is -0.508 e. The highest BCUT2D eigenvalue weighted by atomic mass is 19.1. The number of aliphatic hydroxyl groups is 2. The molecule has 2 aromatic carbocycles. The van der Waals surface area contributed by atoms with Gasteiger partial charge < -0.3 is 39.1 Å². The van der Waals surface area contributed by atoms with Gasteiger partial charge in [-0.15, -0.1) is 6.58 Å². The number of ether oxygens (including phenoxy) is 4. The molecule has 6 rings (SSSR count). The first-order valence-electron chi connectivity index (χ1n) is 19.6. The molecule has 7 unspecified atom stereocenters. The van der Waals surface area contributed by atoms with Gasteiger partial charge in [-0.1, -0.05) is 42.3 Å². The minimum atomic E-state index is -1.49. The Morgan fingerprint density at radius 3 is 2.57 bits per heavy atom. The molecule has 3 N–H and O–H groups in total. The van der Waals surface area contributed by atoms with E-state index in [2.05, 4.69) is 12.7 Å². The Hall–Kier alpha value is -3.97. The second kappa shape index (κ2) is 18.6. The number of amides is 1. The topological polar surface area (TPSA) is 140 Å². The fraction of sp³-hybridized carbons (Fsp3) is 0.571. The molecule has 54 heavy (non-hydrogen) atoms. The van der Waals surface area contributed by atoms with Gasteiger partial charge in [0.2, 0.25) is 12.1 Å². The summed E-state index contributed by atoms with van der Waals surface area (Å²) in [6, 6.07) is 10.3. The summed E-state index contributed by atoms with van der Waals surface area (Å²) in [6.45, 7) is 6.73. The van der Waals surface area contributed by atoms with Crippen molar-refractivity contribution in [1.82, 2.24) is 4.90 Å². The second-order valence-electron chi connectivity index (χ2n) is 14.6. The lowest BCUT2D eigenvalue weighted by Gasteiger charge is -2.59. The van der Waals surface area contributed by atoms with Gasteiger partial charge in [-0.05, 0) is 98.8 Å². The Morgan fingerprint density at radius 2 is 1.87 bits per heavy atom. The van der Waals surface area contributed by atoms with Crippen molar-refractivity contribution in [1.29, 1.82) is 0 Å². The molecule has 12 heteroatoms. The van der Waals surface area contributed by atoms with Crippen LogP contribution in [0.25, 0.3) is 0 Å². The molecule has 294 valence electrons. The lowest BCUT2D eigenvalue weighted by atomic mass is 9.55. The highest BCUT2D eigenvalue weighted by Gasteiger charge is 2.65. The van der Waals surface area contributed by atoms with Crippen LogP contribution in [-0.2, 0) is 25.6 Å². The minimum absolute atomic E-state index is 0.0101. The van der Waals surface area contributed by atoms with Gasteiger partial charge in [0.25, 0.3) is 0 Å². The van der Waals surface area contributed by atoms with Crippen molar-refractivity contribution >= 4 is 11.8 Å². The number of carbonyl (C=O) groups is 1. The first-order chi connectivity index (χ1) is 26.3. The number of hydrogen-bond donors (Lipinski definition) is 3. The van der Waals surface area contributed by atoms with Crippen molar-refractivity contribution in [3.8, 4) is 11.5 Å². The van der Waals surface area contributed by atoms with Crippen LogP contribution in [0.3, 0.4) is 0 Å². The molecular formula is C42H55FN2O9. The number of halogens is 1. The van der Waals surface area contributed by atoms with Gasteiger partial charge in [-0.3, -0.25) is 4.90 Å². The zero-order valence-electron chi connectivity index (χ0n) is 31.2. The Labute approximate surface area is 317 Å². The average Bonchev–Trinajstić information content (AvgIpc) is 3.18. The molecule has 11 nitrogen and oxygen atoms in total. The van der Waals surface area contributed by atoms with E-state index < -0.39 is 35.9 Å². The molecule has 2 aromatic rings. The van der Waals surface area contributed by atoms with E-state index in [-0.39, 0.29) is 62.9 Å². The predicted molar refractivity (Wildman–Crippen MR) is 200 cm³/mol. The molecule has 1 amide bonds. The maximum Gasteiger partial charge on any atom is 0.410 e. The number of hydrogen-bond acceptors (Lipinski definition) is 10. The molecule has 1 saturated heterocycles. The zero-order valence-corrected chi connectivity index (χ0v) is 31.2. The van der Waals surface area contributed by atoms with Crippen molar-refractivity contribution in [3.05, 3.63) is 83.7 Å². The first kappa shape index (κ1) is 39.7. The predicted octanol–water partition coefficient (Wildman–Crippen LogP) is 7.35. The molecule has 7 atom stereocenters. The third-order valence-corrected chi connectivity index (χ3v) is 11.2. The maximum absolute atomic E-state index is 14.2. The van der Waals surface area contributed by atoms with Crippen LogP contribution in [0.15, 0.2) is 71.9 Å². The third-order valence-electron chi connectivity index (χ3n) is 11.2. The van der Waals surface area contributed by atoms with Crippen molar-refractivity contribution in [2.45, 2.75) is 102 Å². The van der Waals surface area contributed by atoms with E-state index in [9.17, 15) is 24.5 Å². The van der Waals surface area contributed by atoms with Crippen LogP contribution < -0.4 is 4.74 Å². The van der Waals surface area contributed by atoms with Gasteiger partial charge in [-0.2, -0.15) is 0 Å². The lowest BCUT2D eigenvalue weighted by molar-refractivity contribution is -0.256. The Kier molecular flexibility index (Phi) is 13.7. The molecule has 2 fully saturated rings. The number of nitrogens with zero attached hydrogens (tertiary/aromatic N) is 2. The number of oxime groups is 1. The number of benzene rings is 2. The third kappa shape index (κ3) is 8.62. The van der Waals surface area contributed by atoms with Gasteiger partial charge in [-0.25, -0.2) is 9.18 Å². The number of carbonyl (C=O) groups excluding carboxylic acids is 1. The number of phenols is 1. The van der Waals surface area contributed by atoms with E-state index in [0.717, 1.165) is 49.7 Å². The molecule has 2 heterocycles. The number of aromatic hydroxyl groups is 1. The van der Waals surface area contributed by atoms with Crippen LogP contribution in [0.4, 0.5) is 9.18 Å². The van der Waals surface area contributed by atoms with Crippen LogP contribution in [0.5, 0.6) is 11.5 Å². The number of phenolic OH excluding ortho intramolecular Hbond substituents is 1. The fourth-order valence-corrected chi connectivity index (χ4v) is 8.87. The average molecular weight is 751 g/mol. The summed E-state index contributed by atoms with van der Waals surface area (Å²) in [7, 11) is 0. The van der Waals surface area contributed by atoms with Crippen molar-refractivity contribution in [2.24, 2.45) is 22.9 Å². The Morgan fingerprint density at radius 1 is 1.09 bits per heavy atom. The summed E-state index contributed by atoms with van der Waals surface area (Å²) in [4.78, 5) is 22.0. The van der Waals surface area contributed by atoms with Crippen LogP contribution >= 0.6 is 0 Å². The monoisotopic (exact) mass is 750 g/mol. The Balaban J connectivity index is 1.58. The zero-order chi connectivity index (χ0) is 38.1. The lowest BCUT2D eigenvalue weighted by Crippen LogP contribution is -2.70. The highest BCUT2D eigenvalue weighted by Crippen LogP contribution is 2.62. The van der Waals surface area contributed by atoms with E-state index in [0.29, 0.717) is 42.9 Å². The van der Waals surface area contributed by atoms with Crippen molar-refractivity contribution in [3.63, 3.8) is 0 Å². The largest absolute Gasteiger partial charge is 0.508 e. The summed E-state index contributed by atoms with van der Waals surface area (Å²) >= 11 is 0. The summed E-state index contributed by atoms with van der Waals surface area (Å²) in [5, 5.41) is 35.3. The smallest absolute Gasteiger partial charge is 0.410 e. The second-order valence-corrected chi connectivity index (χ2v) is 14.6. The van der Waals surface area contributed by atoms with E-state index >= 15 is 0 Å². The van der Waals surface area contributed by atoms with Gasteiger partial charge in [0.1, 0.15) is 23.4 Å². The van der Waals surface area contributed by atoms with Gasteiger partial charge >= 0.3 is 6.09 Å². The number of rotatable bonds is 17. The summed E-state index contributed by atoms with van der Waals surface area (Å²) in [6.07, 6.45) is 10.0. The molecule has 0 bridgehead atoms. The van der Waals surface area contributed by atoms with Gasteiger partial charge in [0.05, 0.1) is 31.5 Å². The number of fused-ring (bicyclic) bond motifs is 2. The molecule has 0 spiro atoms. The van der Waals surface area contributed by atoms with Crippen molar-refractivity contribution in [2.75, 3.05) is 33.0 Å². The van der Waals surface area contributed by atoms with Crippen LogP contribution in [0, 0.1) is 23.6 Å². The van der Waals surface area contributed by atoms with E-state index in [1.807, 2.05) is 0 Å². The molecule has 0 aromatic heterocycles. The summed E-state index contributed by atoms with van der Waals surface area (Å²) in [5.41, 5.74) is 3.01. The van der Waals surface area contributed by atoms with Crippen LogP contribution in [0.2, 0.25) is 0 Å². The van der Waals surface area contributed by atoms with Gasteiger partial charge in [0.15, 0.2) is 0 Å². The summed E-state index contributed by atoms with van der Waals surface area (Å²) < 4.78 is 39.8. The van der Waals surface area contributed by atoms with E-state index in [1.54, 1.807) is 48.2 Å². The molecule has 2 aliphatic heterocycles. The number of aliphatic hydroxyl groups excluding tert-OH is 2. The summed E-state index contributed by atoms with van der Waals surface area (Å²) in [5.74, 6) is -2.02. The van der Waals surface area contributed by atoms with Crippen molar-refractivity contribution < 1.29 is 48.3 Å². The highest BCUT2D eigenvalue weighted by molar-refractivity contribution is 6.03. The van der Waals surface area contributed by atoms with Gasteiger partial charge in [0, 0.05) is 44.1 Å².